The van der Waals surface area contributed by atoms with Crippen molar-refractivity contribution in [3.05, 3.63) is 18.2 Å². The number of benzene rings is 1. The molecule has 19 heavy (non-hydrogen) atoms. The molecule has 1 aromatic rings. The number of nitrogens with zero attached hydrogens (tertiary/aromatic N) is 1. The van der Waals surface area contributed by atoms with E-state index in [1.807, 2.05) is 0 Å². The zero-order chi connectivity index (χ0) is 14.0. The predicted octanol–water partition coefficient (Wildman–Crippen LogP) is 0.195. The van der Waals surface area contributed by atoms with Crippen molar-refractivity contribution < 1.29 is 19.7 Å². The Morgan fingerprint density at radius 2 is 2.26 bits per heavy atom. The summed E-state index contributed by atoms with van der Waals surface area (Å²) in [7, 11) is 1.71. The van der Waals surface area contributed by atoms with Gasteiger partial charge >= 0.3 is 0 Å². The summed E-state index contributed by atoms with van der Waals surface area (Å²) in [6.45, 7) is 1.67. The Morgan fingerprint density at radius 3 is 2.95 bits per heavy atom. The fourth-order valence-corrected chi connectivity index (χ4v) is 1.93. The molecule has 0 aliphatic carbocycles. The van der Waals surface area contributed by atoms with E-state index in [1.54, 1.807) is 37.1 Å². The first-order valence-corrected chi connectivity index (χ1v) is 6.14. The van der Waals surface area contributed by atoms with Crippen molar-refractivity contribution in [2.24, 2.45) is 0 Å². The van der Waals surface area contributed by atoms with Gasteiger partial charge in [0.1, 0.15) is 5.75 Å². The third-order valence-corrected chi connectivity index (χ3v) is 3.06. The molecule has 0 bridgehead atoms. The second-order valence-corrected chi connectivity index (χ2v) is 4.56. The number of amides is 1. The van der Waals surface area contributed by atoms with Gasteiger partial charge in [0.25, 0.3) is 5.91 Å². The predicted molar refractivity (Wildman–Crippen MR) is 71.5 cm³/mol. The van der Waals surface area contributed by atoms with E-state index in [4.69, 9.17) is 9.84 Å². The second kappa shape index (κ2) is 5.46. The molecule has 6 heteroatoms. The molecule has 1 amide bonds. The summed E-state index contributed by atoms with van der Waals surface area (Å²) in [5.41, 5.74) is 1.48. The van der Waals surface area contributed by atoms with E-state index in [9.17, 15) is 9.90 Å². The normalized spacial score (nSPS) is 19.7. The van der Waals surface area contributed by atoms with E-state index in [2.05, 4.69) is 5.32 Å². The molecule has 1 aromatic carbocycles. The SMILES string of the molecule is CC1Oc2cc(NCC(O)CO)ccc2N(C)C1=O. The van der Waals surface area contributed by atoms with Crippen LogP contribution in [0, 0.1) is 0 Å². The van der Waals surface area contributed by atoms with Crippen LogP contribution in [0.1, 0.15) is 6.92 Å². The number of aliphatic hydroxyl groups excluding tert-OH is 2. The zero-order valence-corrected chi connectivity index (χ0v) is 11.0. The Morgan fingerprint density at radius 1 is 1.53 bits per heavy atom. The number of ether oxygens (including phenoxy) is 1. The van der Waals surface area contributed by atoms with Crippen LogP contribution in [-0.4, -0.2) is 48.5 Å². The largest absolute Gasteiger partial charge is 0.479 e. The third kappa shape index (κ3) is 2.80. The summed E-state index contributed by atoms with van der Waals surface area (Å²) in [5, 5.41) is 21.0. The number of carbonyl (C=O) groups excluding carboxylic acids is 1. The molecule has 1 aliphatic heterocycles. The van der Waals surface area contributed by atoms with Crippen LogP contribution in [0.25, 0.3) is 0 Å². The first-order chi connectivity index (χ1) is 9.02. The molecule has 0 fully saturated rings. The number of aliphatic hydroxyl groups is 2. The van der Waals surface area contributed by atoms with Gasteiger partial charge in [0.05, 0.1) is 18.4 Å². The van der Waals surface area contributed by atoms with Gasteiger partial charge in [-0.25, -0.2) is 0 Å². The summed E-state index contributed by atoms with van der Waals surface area (Å²) in [6, 6.07) is 5.36. The van der Waals surface area contributed by atoms with E-state index in [0.717, 1.165) is 11.4 Å². The van der Waals surface area contributed by atoms with Gasteiger partial charge in [-0.05, 0) is 19.1 Å². The highest BCUT2D eigenvalue weighted by atomic mass is 16.5. The molecular formula is C13H18N2O4. The van der Waals surface area contributed by atoms with Gasteiger partial charge in [-0.3, -0.25) is 4.79 Å². The monoisotopic (exact) mass is 266 g/mol. The number of hydrogen-bond acceptors (Lipinski definition) is 5. The summed E-state index contributed by atoms with van der Waals surface area (Å²) in [6.07, 6.45) is -1.31. The first-order valence-electron chi connectivity index (χ1n) is 6.14. The molecule has 2 unspecified atom stereocenters. The highest BCUT2D eigenvalue weighted by Gasteiger charge is 2.28. The van der Waals surface area contributed by atoms with Gasteiger partial charge in [-0.1, -0.05) is 0 Å². The van der Waals surface area contributed by atoms with Gasteiger partial charge in [0.2, 0.25) is 0 Å². The Balaban J connectivity index is 2.15. The van der Waals surface area contributed by atoms with Crippen molar-refractivity contribution in [3.63, 3.8) is 0 Å². The van der Waals surface area contributed by atoms with Crippen LogP contribution in [0.2, 0.25) is 0 Å². The van der Waals surface area contributed by atoms with Gasteiger partial charge in [0, 0.05) is 25.3 Å². The van der Waals surface area contributed by atoms with Crippen LogP contribution in [0.15, 0.2) is 18.2 Å². The average Bonchev–Trinajstić information content (AvgIpc) is 2.42. The van der Waals surface area contributed by atoms with Crippen molar-refractivity contribution >= 4 is 17.3 Å². The molecule has 0 radical (unpaired) electrons. The third-order valence-electron chi connectivity index (χ3n) is 3.06. The van der Waals surface area contributed by atoms with Crippen LogP contribution in [0.3, 0.4) is 0 Å². The lowest BCUT2D eigenvalue weighted by molar-refractivity contribution is -0.125. The molecular weight excluding hydrogens is 248 g/mol. The minimum Gasteiger partial charge on any atom is -0.479 e. The highest BCUT2D eigenvalue weighted by molar-refractivity contribution is 5.99. The zero-order valence-electron chi connectivity index (χ0n) is 11.0. The van der Waals surface area contributed by atoms with Crippen molar-refractivity contribution in [3.8, 4) is 5.75 Å². The molecule has 0 aromatic heterocycles. The number of carbonyl (C=O) groups is 1. The van der Waals surface area contributed by atoms with Gasteiger partial charge in [0.15, 0.2) is 6.10 Å². The van der Waals surface area contributed by atoms with Crippen LogP contribution in [0.4, 0.5) is 11.4 Å². The molecule has 104 valence electrons. The molecule has 0 saturated heterocycles. The molecule has 1 aliphatic rings. The van der Waals surface area contributed by atoms with Crippen LogP contribution in [0.5, 0.6) is 5.75 Å². The number of anilines is 2. The molecule has 2 atom stereocenters. The van der Waals surface area contributed by atoms with Crippen molar-refractivity contribution in [1.82, 2.24) is 0 Å². The van der Waals surface area contributed by atoms with Crippen LogP contribution in [-0.2, 0) is 4.79 Å². The maximum atomic E-state index is 11.8. The summed E-state index contributed by atoms with van der Waals surface area (Å²) >= 11 is 0. The fourth-order valence-electron chi connectivity index (χ4n) is 1.93. The smallest absolute Gasteiger partial charge is 0.267 e. The number of rotatable bonds is 4. The second-order valence-electron chi connectivity index (χ2n) is 4.56. The number of hydrogen-bond donors (Lipinski definition) is 3. The van der Waals surface area contributed by atoms with Gasteiger partial charge in [-0.15, -0.1) is 0 Å². The highest BCUT2D eigenvalue weighted by Crippen LogP contribution is 2.35. The quantitative estimate of drug-likeness (QED) is 0.725. The molecule has 1 heterocycles. The maximum Gasteiger partial charge on any atom is 0.267 e. The lowest BCUT2D eigenvalue weighted by Crippen LogP contribution is -2.41. The Kier molecular flexibility index (Phi) is 3.92. The lowest BCUT2D eigenvalue weighted by Gasteiger charge is -2.30. The Hall–Kier alpha value is -1.79. The average molecular weight is 266 g/mol. The number of likely N-dealkylation sites (N-methyl/N-ethyl adjacent to an activating group) is 1. The van der Waals surface area contributed by atoms with Crippen molar-refractivity contribution in [2.45, 2.75) is 19.1 Å². The van der Waals surface area contributed by atoms with Crippen molar-refractivity contribution in [2.75, 3.05) is 30.4 Å². The minimum atomic E-state index is -0.805. The van der Waals surface area contributed by atoms with Gasteiger partial charge < -0.3 is 25.2 Å². The van der Waals surface area contributed by atoms with E-state index >= 15 is 0 Å². The molecule has 0 saturated carbocycles. The standard InChI is InChI=1S/C13H18N2O4/c1-8-13(18)15(2)11-4-3-9(5-12(11)19-8)14-6-10(17)7-16/h3-5,8,10,14,16-17H,6-7H2,1-2H3. The summed E-state index contributed by atoms with van der Waals surface area (Å²) in [4.78, 5) is 13.3. The fraction of sp³-hybridized carbons (Fsp3) is 0.462. The molecule has 2 rings (SSSR count). The van der Waals surface area contributed by atoms with Crippen LogP contribution >= 0.6 is 0 Å². The van der Waals surface area contributed by atoms with E-state index in [0.29, 0.717) is 5.75 Å². The number of fused-ring (bicyclic) bond motifs is 1. The maximum absolute atomic E-state index is 11.8. The lowest BCUT2D eigenvalue weighted by atomic mass is 10.2. The van der Waals surface area contributed by atoms with Gasteiger partial charge in [-0.2, -0.15) is 0 Å². The topological polar surface area (TPSA) is 82.0 Å². The Labute approximate surface area is 111 Å². The molecule has 0 spiro atoms. The Bertz CT molecular complexity index is 478. The van der Waals surface area contributed by atoms with Crippen LogP contribution < -0.4 is 15.0 Å². The summed E-state index contributed by atoms with van der Waals surface area (Å²) in [5.74, 6) is 0.544. The molecule has 3 N–H and O–H groups in total. The number of nitrogens with one attached hydrogen (secondary N) is 1. The minimum absolute atomic E-state index is 0.0797. The van der Waals surface area contributed by atoms with E-state index in [-0.39, 0.29) is 19.1 Å². The first kappa shape index (κ1) is 13.6. The van der Waals surface area contributed by atoms with Crippen molar-refractivity contribution in [1.29, 1.82) is 0 Å². The van der Waals surface area contributed by atoms with E-state index < -0.39 is 12.2 Å². The molecule has 6 nitrogen and oxygen atoms in total. The summed E-state index contributed by atoms with van der Waals surface area (Å²) < 4.78 is 5.55. The van der Waals surface area contributed by atoms with E-state index in [1.165, 1.54) is 0 Å².